The van der Waals surface area contributed by atoms with E-state index in [1.165, 1.54) is 6.07 Å². The quantitative estimate of drug-likeness (QED) is 0.449. The van der Waals surface area contributed by atoms with Crippen LogP contribution < -0.4 is 9.60 Å². The van der Waals surface area contributed by atoms with E-state index in [1.54, 1.807) is 22.8 Å². The number of aromatic nitrogens is 1. The molecule has 0 unspecified atom stereocenters. The van der Waals surface area contributed by atoms with Crippen molar-refractivity contribution in [3.05, 3.63) is 98.6 Å². The molecule has 4 aromatic rings. The van der Waals surface area contributed by atoms with Gasteiger partial charge in [0.25, 0.3) is 0 Å². The van der Waals surface area contributed by atoms with Gasteiger partial charge in [0, 0.05) is 11.6 Å². The molecule has 30 heavy (non-hydrogen) atoms. The van der Waals surface area contributed by atoms with Crippen LogP contribution in [0.15, 0.2) is 82.5 Å². The van der Waals surface area contributed by atoms with Crippen LogP contribution in [-0.2, 0) is 23.0 Å². The van der Waals surface area contributed by atoms with Gasteiger partial charge in [0.05, 0.1) is 21.7 Å². The van der Waals surface area contributed by atoms with E-state index in [1.807, 2.05) is 48.5 Å². The van der Waals surface area contributed by atoms with Crippen LogP contribution in [0.4, 0.5) is 0 Å². The Morgan fingerprint density at radius 2 is 1.70 bits per heavy atom. The summed E-state index contributed by atoms with van der Waals surface area (Å²) in [5.41, 5.74) is 2.58. The first-order valence-electron chi connectivity index (χ1n) is 9.34. The lowest BCUT2D eigenvalue weighted by Crippen LogP contribution is -2.26. The highest BCUT2D eigenvalue weighted by atomic mass is 35.5. The maximum absolute atomic E-state index is 12.7. The smallest absolute Gasteiger partial charge is 0.294 e. The summed E-state index contributed by atoms with van der Waals surface area (Å²) >= 11 is 7.25. The molecule has 1 N–H and O–H groups in total. The van der Waals surface area contributed by atoms with Crippen LogP contribution in [0, 0.1) is 0 Å². The Morgan fingerprint density at radius 1 is 0.967 bits per heavy atom. The molecular formula is C22H19ClN2O3S2. The van der Waals surface area contributed by atoms with Crippen LogP contribution in [0.5, 0.6) is 0 Å². The van der Waals surface area contributed by atoms with Crippen molar-refractivity contribution in [1.29, 1.82) is 0 Å². The average Bonchev–Trinajstić information content (AvgIpc) is 3.05. The Morgan fingerprint density at radius 3 is 2.47 bits per heavy atom. The maximum atomic E-state index is 12.7. The van der Waals surface area contributed by atoms with Crippen molar-refractivity contribution in [1.82, 2.24) is 9.29 Å². The number of hydrogen-bond donors (Lipinski definition) is 1. The zero-order valence-electron chi connectivity index (χ0n) is 15.9. The molecule has 0 bridgehead atoms. The van der Waals surface area contributed by atoms with Crippen molar-refractivity contribution in [2.24, 2.45) is 0 Å². The van der Waals surface area contributed by atoms with Crippen LogP contribution >= 0.6 is 22.9 Å². The highest BCUT2D eigenvalue weighted by Gasteiger charge is 2.17. The topological polar surface area (TPSA) is 68.2 Å². The fourth-order valence-electron chi connectivity index (χ4n) is 3.22. The summed E-state index contributed by atoms with van der Waals surface area (Å²) in [5.74, 6) is 0. The molecule has 0 saturated carbocycles. The average molecular weight is 459 g/mol. The number of nitrogens with zero attached hydrogens (tertiary/aromatic N) is 1. The number of halogens is 1. The predicted octanol–water partition coefficient (Wildman–Crippen LogP) is 4.29. The second-order valence-corrected chi connectivity index (χ2v) is 9.98. The lowest BCUT2D eigenvalue weighted by molar-refractivity contribution is 0.582. The molecule has 0 amide bonds. The summed E-state index contributed by atoms with van der Waals surface area (Å²) in [5, 5.41) is 0.588. The molecule has 0 fully saturated rings. The number of rotatable bonds is 7. The summed E-state index contributed by atoms with van der Waals surface area (Å²) < 4.78 is 30.2. The Balaban J connectivity index is 1.56. The first-order valence-corrected chi connectivity index (χ1v) is 12.0. The standard InChI is InChI=1S/C22H19ClN2O3S2/c23-19-9-5-4-8-17(19)15-25-20-11-10-18(14-21(20)29-22(25)26)30(27,28)24-13-12-16-6-2-1-3-7-16/h1-11,14,24H,12-13,15H2. The van der Waals surface area contributed by atoms with Crippen molar-refractivity contribution in [2.75, 3.05) is 6.54 Å². The zero-order chi connectivity index (χ0) is 21.1. The van der Waals surface area contributed by atoms with Gasteiger partial charge >= 0.3 is 4.87 Å². The Labute approximate surface area is 183 Å². The number of sulfonamides is 1. The van der Waals surface area contributed by atoms with Gasteiger partial charge in [-0.1, -0.05) is 71.5 Å². The Hall–Kier alpha value is -2.45. The molecule has 0 spiro atoms. The van der Waals surface area contributed by atoms with E-state index in [9.17, 15) is 13.2 Å². The molecule has 3 aromatic carbocycles. The molecule has 0 radical (unpaired) electrons. The van der Waals surface area contributed by atoms with Crippen LogP contribution in [0.2, 0.25) is 5.02 Å². The molecule has 1 heterocycles. The van der Waals surface area contributed by atoms with Crippen LogP contribution in [0.3, 0.4) is 0 Å². The van der Waals surface area contributed by atoms with Crippen molar-refractivity contribution < 1.29 is 8.42 Å². The molecule has 4 rings (SSSR count). The number of benzene rings is 3. The lowest BCUT2D eigenvalue weighted by Gasteiger charge is -2.08. The SMILES string of the molecule is O=c1sc2cc(S(=O)(=O)NCCc3ccccc3)ccc2n1Cc1ccccc1Cl. The maximum Gasteiger partial charge on any atom is 0.308 e. The van der Waals surface area contributed by atoms with E-state index in [4.69, 9.17) is 11.6 Å². The molecule has 5 nitrogen and oxygen atoms in total. The minimum Gasteiger partial charge on any atom is -0.294 e. The van der Waals surface area contributed by atoms with Crippen LogP contribution in [0.1, 0.15) is 11.1 Å². The van der Waals surface area contributed by atoms with Crippen LogP contribution in [0.25, 0.3) is 10.2 Å². The van der Waals surface area contributed by atoms with E-state index in [-0.39, 0.29) is 9.77 Å². The summed E-state index contributed by atoms with van der Waals surface area (Å²) in [6.07, 6.45) is 0.601. The minimum atomic E-state index is -3.67. The summed E-state index contributed by atoms with van der Waals surface area (Å²) in [4.78, 5) is 12.5. The van der Waals surface area contributed by atoms with Gasteiger partial charge in [0.2, 0.25) is 10.0 Å². The predicted molar refractivity (Wildman–Crippen MR) is 122 cm³/mol. The third-order valence-corrected chi connectivity index (χ3v) is 7.55. The van der Waals surface area contributed by atoms with Gasteiger partial charge in [-0.15, -0.1) is 0 Å². The lowest BCUT2D eigenvalue weighted by atomic mass is 10.2. The summed E-state index contributed by atoms with van der Waals surface area (Å²) in [7, 11) is -3.67. The first kappa shape index (κ1) is 20.8. The molecule has 0 atom stereocenters. The fourth-order valence-corrected chi connectivity index (χ4v) is 5.48. The first-order chi connectivity index (χ1) is 14.4. The largest absolute Gasteiger partial charge is 0.308 e. The molecular weight excluding hydrogens is 440 g/mol. The second-order valence-electron chi connectivity index (χ2n) is 6.81. The van der Waals surface area contributed by atoms with E-state index < -0.39 is 10.0 Å². The van der Waals surface area contributed by atoms with Gasteiger partial charge in [0.15, 0.2) is 0 Å². The normalized spacial score (nSPS) is 11.8. The van der Waals surface area contributed by atoms with Gasteiger partial charge in [-0.25, -0.2) is 13.1 Å². The highest BCUT2D eigenvalue weighted by molar-refractivity contribution is 7.89. The van der Waals surface area contributed by atoms with Gasteiger partial charge in [-0.05, 0) is 41.8 Å². The Bertz CT molecular complexity index is 1350. The van der Waals surface area contributed by atoms with Crippen LogP contribution in [-0.4, -0.2) is 19.5 Å². The van der Waals surface area contributed by atoms with E-state index in [0.29, 0.717) is 34.7 Å². The third-order valence-electron chi connectivity index (χ3n) is 4.78. The van der Waals surface area contributed by atoms with Gasteiger partial charge in [-0.2, -0.15) is 0 Å². The van der Waals surface area contributed by atoms with E-state index >= 15 is 0 Å². The van der Waals surface area contributed by atoms with Gasteiger partial charge in [-0.3, -0.25) is 9.36 Å². The molecule has 0 aliphatic rings. The minimum absolute atomic E-state index is 0.147. The Kier molecular flexibility index (Phi) is 6.06. The third kappa shape index (κ3) is 4.49. The molecule has 8 heteroatoms. The van der Waals surface area contributed by atoms with E-state index in [2.05, 4.69) is 4.72 Å². The molecule has 0 aliphatic heterocycles. The molecule has 0 saturated heterocycles. The van der Waals surface area contributed by atoms with Crippen molar-refractivity contribution >= 4 is 43.2 Å². The second kappa shape index (κ2) is 8.73. The monoisotopic (exact) mass is 458 g/mol. The highest BCUT2D eigenvalue weighted by Crippen LogP contribution is 2.24. The zero-order valence-corrected chi connectivity index (χ0v) is 18.3. The van der Waals surface area contributed by atoms with Crippen molar-refractivity contribution in [3.63, 3.8) is 0 Å². The summed E-state index contributed by atoms with van der Waals surface area (Å²) in [6, 6.07) is 21.8. The molecule has 0 aliphatic carbocycles. The van der Waals surface area contributed by atoms with Gasteiger partial charge in [0.1, 0.15) is 0 Å². The van der Waals surface area contributed by atoms with E-state index in [0.717, 1.165) is 22.5 Å². The number of hydrogen-bond acceptors (Lipinski definition) is 4. The molecule has 1 aromatic heterocycles. The molecule has 154 valence electrons. The van der Waals surface area contributed by atoms with Crippen molar-refractivity contribution in [3.8, 4) is 0 Å². The fraction of sp³-hybridized carbons (Fsp3) is 0.136. The van der Waals surface area contributed by atoms with Crippen molar-refractivity contribution in [2.45, 2.75) is 17.9 Å². The summed E-state index contributed by atoms with van der Waals surface area (Å²) in [6.45, 7) is 0.633. The number of thiazole rings is 1. The number of nitrogens with one attached hydrogen (secondary N) is 1. The van der Waals surface area contributed by atoms with Gasteiger partial charge < -0.3 is 0 Å². The number of fused-ring (bicyclic) bond motifs is 1.